The number of carbonyl (C=O) groups is 1. The number of allylic oxidation sites excluding steroid dienone is 1. The van der Waals surface area contributed by atoms with Crippen molar-refractivity contribution in [1.82, 2.24) is 0 Å². The highest BCUT2D eigenvalue weighted by atomic mass is 32.1. The Kier molecular flexibility index (Phi) is 4.02. The van der Waals surface area contributed by atoms with Gasteiger partial charge >= 0.3 is 0 Å². The molecule has 0 saturated carbocycles. The molecule has 0 atom stereocenters. The van der Waals surface area contributed by atoms with Crippen molar-refractivity contribution in [3.63, 3.8) is 0 Å². The minimum Gasteiger partial charge on any atom is -0.504 e. The van der Waals surface area contributed by atoms with Crippen LogP contribution in [0, 0.1) is 6.92 Å². The standard InChI is InChI=1S/C15H14O3S/c1-10-3-8-15(19-10)12(16)6-4-11-5-7-14(18-2)13(17)9-11/h3-9,17H,1-2H3/b6-4+. The maximum absolute atomic E-state index is 11.9. The van der Waals surface area contributed by atoms with Crippen LogP contribution < -0.4 is 4.74 Å². The molecule has 1 N–H and O–H groups in total. The Hall–Kier alpha value is -2.07. The molecule has 0 radical (unpaired) electrons. The Balaban J connectivity index is 2.14. The molecule has 19 heavy (non-hydrogen) atoms. The second kappa shape index (κ2) is 5.71. The van der Waals surface area contributed by atoms with Crippen LogP contribution in [0.5, 0.6) is 11.5 Å². The van der Waals surface area contributed by atoms with Gasteiger partial charge < -0.3 is 9.84 Å². The van der Waals surface area contributed by atoms with E-state index in [0.29, 0.717) is 10.6 Å². The third-order valence-electron chi connectivity index (χ3n) is 2.61. The van der Waals surface area contributed by atoms with Crippen molar-refractivity contribution in [1.29, 1.82) is 0 Å². The predicted octanol–water partition coefficient (Wildman–Crippen LogP) is 3.67. The minimum atomic E-state index is -0.0339. The Labute approximate surface area is 115 Å². The summed E-state index contributed by atoms with van der Waals surface area (Å²) in [6.45, 7) is 1.96. The van der Waals surface area contributed by atoms with E-state index in [1.54, 1.807) is 24.3 Å². The molecule has 0 amide bonds. The molecule has 1 aromatic heterocycles. The van der Waals surface area contributed by atoms with Crippen molar-refractivity contribution >= 4 is 23.2 Å². The van der Waals surface area contributed by atoms with Crippen LogP contribution in [0.25, 0.3) is 6.08 Å². The van der Waals surface area contributed by atoms with Crippen LogP contribution in [0.3, 0.4) is 0 Å². The summed E-state index contributed by atoms with van der Waals surface area (Å²) in [4.78, 5) is 13.7. The normalized spacial score (nSPS) is 10.8. The topological polar surface area (TPSA) is 46.5 Å². The highest BCUT2D eigenvalue weighted by Crippen LogP contribution is 2.26. The summed E-state index contributed by atoms with van der Waals surface area (Å²) >= 11 is 1.47. The second-order valence-corrected chi connectivity index (χ2v) is 5.33. The smallest absolute Gasteiger partial charge is 0.195 e. The molecule has 2 aromatic rings. The van der Waals surface area contributed by atoms with Gasteiger partial charge in [-0.25, -0.2) is 0 Å². The van der Waals surface area contributed by atoms with Gasteiger partial charge in [0.05, 0.1) is 12.0 Å². The van der Waals surface area contributed by atoms with Gasteiger partial charge in [0.1, 0.15) is 0 Å². The van der Waals surface area contributed by atoms with Gasteiger partial charge in [-0.1, -0.05) is 12.1 Å². The SMILES string of the molecule is COc1ccc(/C=C/C(=O)c2ccc(C)s2)cc1O. The molecule has 0 saturated heterocycles. The number of aryl methyl sites for hydroxylation is 1. The first-order valence-electron chi connectivity index (χ1n) is 5.76. The fourth-order valence-corrected chi connectivity index (χ4v) is 2.42. The predicted molar refractivity (Wildman–Crippen MR) is 77.1 cm³/mol. The number of benzene rings is 1. The van der Waals surface area contributed by atoms with Crippen molar-refractivity contribution in [3.05, 3.63) is 51.7 Å². The number of hydrogen-bond acceptors (Lipinski definition) is 4. The molecule has 0 aliphatic rings. The molecule has 1 heterocycles. The van der Waals surface area contributed by atoms with Crippen molar-refractivity contribution in [3.8, 4) is 11.5 Å². The summed E-state index contributed by atoms with van der Waals surface area (Å²) in [5, 5.41) is 9.64. The Morgan fingerprint density at radius 2 is 2.11 bits per heavy atom. The first-order valence-corrected chi connectivity index (χ1v) is 6.57. The summed E-state index contributed by atoms with van der Waals surface area (Å²) in [6, 6.07) is 8.74. The van der Waals surface area contributed by atoms with Crippen LogP contribution >= 0.6 is 11.3 Å². The van der Waals surface area contributed by atoms with E-state index in [-0.39, 0.29) is 11.5 Å². The third kappa shape index (κ3) is 3.23. The van der Waals surface area contributed by atoms with Crippen molar-refractivity contribution < 1.29 is 14.6 Å². The van der Waals surface area contributed by atoms with Gasteiger partial charge in [0.25, 0.3) is 0 Å². The maximum atomic E-state index is 11.9. The molecule has 0 aliphatic carbocycles. The number of ether oxygens (including phenoxy) is 1. The number of phenolic OH excluding ortho intramolecular Hbond substituents is 1. The lowest BCUT2D eigenvalue weighted by molar-refractivity contribution is 0.105. The second-order valence-electron chi connectivity index (χ2n) is 4.04. The van der Waals surface area contributed by atoms with Crippen LogP contribution in [0.1, 0.15) is 20.1 Å². The van der Waals surface area contributed by atoms with E-state index >= 15 is 0 Å². The first-order chi connectivity index (χ1) is 9.10. The summed E-state index contributed by atoms with van der Waals surface area (Å²) < 4.78 is 4.96. The number of aromatic hydroxyl groups is 1. The molecule has 98 valence electrons. The largest absolute Gasteiger partial charge is 0.504 e. The number of carbonyl (C=O) groups excluding carboxylic acids is 1. The molecule has 2 rings (SSSR count). The zero-order valence-electron chi connectivity index (χ0n) is 10.7. The van der Waals surface area contributed by atoms with Crippen LogP contribution in [-0.2, 0) is 0 Å². The summed E-state index contributed by atoms with van der Waals surface area (Å²) in [6.07, 6.45) is 3.18. The number of phenols is 1. The van der Waals surface area contributed by atoms with Crippen LogP contribution in [0.2, 0.25) is 0 Å². The van der Waals surface area contributed by atoms with Gasteiger partial charge in [0, 0.05) is 4.88 Å². The fourth-order valence-electron chi connectivity index (χ4n) is 1.63. The van der Waals surface area contributed by atoms with Crippen LogP contribution in [0.4, 0.5) is 0 Å². The van der Waals surface area contributed by atoms with Crippen LogP contribution in [-0.4, -0.2) is 18.0 Å². The van der Waals surface area contributed by atoms with Gasteiger partial charge in [0.15, 0.2) is 17.3 Å². The van der Waals surface area contributed by atoms with Gasteiger partial charge in [0.2, 0.25) is 0 Å². The van der Waals surface area contributed by atoms with Gasteiger partial charge in [-0.2, -0.15) is 0 Å². The van der Waals surface area contributed by atoms with Gasteiger partial charge in [-0.3, -0.25) is 4.79 Å². The maximum Gasteiger partial charge on any atom is 0.195 e. The summed E-state index contributed by atoms with van der Waals surface area (Å²) in [7, 11) is 1.49. The monoisotopic (exact) mass is 274 g/mol. The Morgan fingerprint density at radius 1 is 1.32 bits per heavy atom. The number of ketones is 1. The lowest BCUT2D eigenvalue weighted by Gasteiger charge is -2.03. The number of hydrogen-bond donors (Lipinski definition) is 1. The molecule has 3 nitrogen and oxygen atoms in total. The molecule has 1 aromatic carbocycles. The highest BCUT2D eigenvalue weighted by molar-refractivity contribution is 7.14. The Bertz CT molecular complexity index is 626. The van der Waals surface area contributed by atoms with Crippen LogP contribution in [0.15, 0.2) is 36.4 Å². The minimum absolute atomic E-state index is 0.0339. The molecule has 0 aliphatic heterocycles. The number of methoxy groups -OCH3 is 1. The average molecular weight is 274 g/mol. The quantitative estimate of drug-likeness (QED) is 0.683. The molecule has 0 unspecified atom stereocenters. The van der Waals surface area contributed by atoms with Gasteiger partial charge in [-0.15, -0.1) is 11.3 Å². The van der Waals surface area contributed by atoms with E-state index in [1.165, 1.54) is 24.5 Å². The lowest BCUT2D eigenvalue weighted by atomic mass is 10.1. The number of thiophene rings is 1. The molecule has 0 fully saturated rings. The van der Waals surface area contributed by atoms with Crippen molar-refractivity contribution in [2.24, 2.45) is 0 Å². The van der Waals surface area contributed by atoms with Gasteiger partial charge in [-0.05, 0) is 42.8 Å². The zero-order valence-corrected chi connectivity index (χ0v) is 11.5. The highest BCUT2D eigenvalue weighted by Gasteiger charge is 2.05. The lowest BCUT2D eigenvalue weighted by Crippen LogP contribution is -1.89. The molecule has 0 spiro atoms. The van der Waals surface area contributed by atoms with E-state index < -0.39 is 0 Å². The Morgan fingerprint density at radius 3 is 2.68 bits per heavy atom. The van der Waals surface area contributed by atoms with E-state index in [1.807, 2.05) is 19.1 Å². The van der Waals surface area contributed by atoms with E-state index in [4.69, 9.17) is 4.74 Å². The molecule has 0 bridgehead atoms. The molecular weight excluding hydrogens is 260 g/mol. The van der Waals surface area contributed by atoms with Crippen molar-refractivity contribution in [2.75, 3.05) is 7.11 Å². The molecule has 4 heteroatoms. The average Bonchev–Trinajstić information content (AvgIpc) is 2.83. The van der Waals surface area contributed by atoms with E-state index in [9.17, 15) is 9.90 Å². The molecular formula is C15H14O3S. The van der Waals surface area contributed by atoms with E-state index in [2.05, 4.69) is 0 Å². The summed E-state index contributed by atoms with van der Waals surface area (Å²) in [5.74, 6) is 0.440. The third-order valence-corrected chi connectivity index (χ3v) is 3.63. The summed E-state index contributed by atoms with van der Waals surface area (Å²) in [5.41, 5.74) is 0.750. The number of rotatable bonds is 4. The zero-order chi connectivity index (χ0) is 13.8. The first kappa shape index (κ1) is 13.4. The van der Waals surface area contributed by atoms with Crippen molar-refractivity contribution in [2.45, 2.75) is 6.92 Å². The fraction of sp³-hybridized carbons (Fsp3) is 0.133. The van der Waals surface area contributed by atoms with E-state index in [0.717, 1.165) is 10.4 Å².